The molecule has 0 fully saturated rings. The molecule has 4 aromatic carbocycles. The van der Waals surface area contributed by atoms with Crippen LogP contribution >= 0.6 is 45.2 Å². The van der Waals surface area contributed by atoms with Gasteiger partial charge in [0.2, 0.25) is 0 Å². The standard InChI is InChI=1S/C28H21I2N3/c29-25-15-6-4-9-21(25)19-31-22-11-8-10-20(17-22)27-18-28(24-14-5-7-16-26(24)30)33(32-27)23-12-2-1-3-13-23/h1-17,19,28H,18H2. The minimum absolute atomic E-state index is 0.161. The summed E-state index contributed by atoms with van der Waals surface area (Å²) in [5.74, 6) is 0. The number of hydrazone groups is 1. The maximum absolute atomic E-state index is 5.09. The van der Waals surface area contributed by atoms with Gasteiger partial charge in [0.1, 0.15) is 0 Å². The maximum atomic E-state index is 5.09. The van der Waals surface area contributed by atoms with Crippen LogP contribution in [0.1, 0.15) is 29.2 Å². The number of benzene rings is 4. The van der Waals surface area contributed by atoms with Crippen LogP contribution in [0.4, 0.5) is 11.4 Å². The van der Waals surface area contributed by atoms with Crippen molar-refractivity contribution in [2.75, 3.05) is 5.01 Å². The predicted molar refractivity (Wildman–Crippen MR) is 155 cm³/mol. The molecule has 33 heavy (non-hydrogen) atoms. The van der Waals surface area contributed by atoms with Gasteiger partial charge in [-0.3, -0.25) is 10.0 Å². The monoisotopic (exact) mass is 653 g/mol. The molecule has 3 nitrogen and oxygen atoms in total. The first-order chi connectivity index (χ1) is 16.2. The van der Waals surface area contributed by atoms with E-state index in [1.165, 1.54) is 12.7 Å². The van der Waals surface area contributed by atoms with Crippen LogP contribution in [0.5, 0.6) is 0 Å². The fraction of sp³-hybridized carbons (Fsp3) is 0.0714. The van der Waals surface area contributed by atoms with Crippen molar-refractivity contribution in [2.45, 2.75) is 12.5 Å². The Morgan fingerprint density at radius 2 is 1.52 bits per heavy atom. The van der Waals surface area contributed by atoms with Crippen molar-refractivity contribution >= 4 is 68.5 Å². The Morgan fingerprint density at radius 1 is 0.788 bits per heavy atom. The molecule has 5 heteroatoms. The first-order valence-corrected chi connectivity index (χ1v) is 12.9. The fourth-order valence-electron chi connectivity index (χ4n) is 3.98. The van der Waals surface area contributed by atoms with Crippen molar-refractivity contribution in [3.63, 3.8) is 0 Å². The molecule has 1 heterocycles. The van der Waals surface area contributed by atoms with Gasteiger partial charge in [0.25, 0.3) is 0 Å². The minimum Gasteiger partial charge on any atom is -0.257 e. The van der Waals surface area contributed by atoms with E-state index < -0.39 is 0 Å². The zero-order valence-corrected chi connectivity index (χ0v) is 22.1. The number of hydrogen-bond donors (Lipinski definition) is 0. The molecule has 5 rings (SSSR count). The zero-order valence-electron chi connectivity index (χ0n) is 17.8. The molecule has 0 amide bonds. The SMILES string of the molecule is Ic1ccccc1C=Nc1cccc(C2=NN(c3ccccc3)C(c3ccccc3I)C2)c1. The summed E-state index contributed by atoms with van der Waals surface area (Å²) in [6.07, 6.45) is 2.78. The summed E-state index contributed by atoms with van der Waals surface area (Å²) < 4.78 is 2.45. The average molecular weight is 653 g/mol. The second kappa shape index (κ2) is 10.2. The Labute approximate surface area is 221 Å². The van der Waals surface area contributed by atoms with Gasteiger partial charge in [0.15, 0.2) is 0 Å². The van der Waals surface area contributed by atoms with Gasteiger partial charge in [-0.15, -0.1) is 0 Å². The third-order valence-corrected chi connectivity index (χ3v) is 7.60. The topological polar surface area (TPSA) is 28.0 Å². The number of para-hydroxylation sites is 1. The summed E-state index contributed by atoms with van der Waals surface area (Å²) in [4.78, 5) is 4.74. The van der Waals surface area contributed by atoms with E-state index in [1.54, 1.807) is 0 Å². The number of hydrogen-bond acceptors (Lipinski definition) is 3. The lowest BCUT2D eigenvalue weighted by Gasteiger charge is -2.24. The van der Waals surface area contributed by atoms with Crippen molar-refractivity contribution in [1.82, 2.24) is 0 Å². The number of rotatable bonds is 5. The van der Waals surface area contributed by atoms with Gasteiger partial charge in [-0.2, -0.15) is 5.10 Å². The number of aliphatic imine (C=N–C) groups is 1. The summed E-state index contributed by atoms with van der Waals surface area (Å²) >= 11 is 4.77. The lowest BCUT2D eigenvalue weighted by atomic mass is 9.98. The van der Waals surface area contributed by atoms with Gasteiger partial charge in [-0.1, -0.05) is 66.7 Å². The number of anilines is 1. The molecule has 0 aliphatic carbocycles. The Kier molecular flexibility index (Phi) is 6.87. The summed E-state index contributed by atoms with van der Waals surface area (Å²) in [6, 6.07) is 35.8. The Bertz CT molecular complexity index is 1330. The molecule has 0 N–H and O–H groups in total. The molecule has 1 aliphatic rings. The second-order valence-electron chi connectivity index (χ2n) is 7.80. The highest BCUT2D eigenvalue weighted by molar-refractivity contribution is 14.1. The highest BCUT2D eigenvalue weighted by atomic mass is 127. The van der Waals surface area contributed by atoms with Gasteiger partial charge < -0.3 is 0 Å². The molecule has 0 saturated heterocycles. The smallest absolute Gasteiger partial charge is 0.0842 e. The van der Waals surface area contributed by atoms with E-state index in [1.807, 2.05) is 30.5 Å². The summed E-state index contributed by atoms with van der Waals surface area (Å²) in [7, 11) is 0. The Balaban J connectivity index is 1.48. The van der Waals surface area contributed by atoms with Crippen LogP contribution in [-0.2, 0) is 0 Å². The number of nitrogens with zero attached hydrogens (tertiary/aromatic N) is 3. The maximum Gasteiger partial charge on any atom is 0.0842 e. The van der Waals surface area contributed by atoms with Gasteiger partial charge in [0.05, 0.1) is 23.1 Å². The molecule has 0 spiro atoms. The van der Waals surface area contributed by atoms with Crippen LogP contribution in [0.2, 0.25) is 0 Å². The van der Waals surface area contributed by atoms with Crippen molar-refractivity contribution in [3.05, 3.63) is 127 Å². The van der Waals surface area contributed by atoms with E-state index in [9.17, 15) is 0 Å². The van der Waals surface area contributed by atoms with Crippen LogP contribution in [-0.4, -0.2) is 11.9 Å². The molecule has 1 aliphatic heterocycles. The van der Waals surface area contributed by atoms with Crippen LogP contribution in [0.25, 0.3) is 0 Å². The van der Waals surface area contributed by atoms with Gasteiger partial charge in [0, 0.05) is 25.3 Å². The van der Waals surface area contributed by atoms with E-state index in [0.29, 0.717) is 0 Å². The summed E-state index contributed by atoms with van der Waals surface area (Å²) in [6.45, 7) is 0. The molecule has 162 valence electrons. The van der Waals surface area contributed by atoms with Crippen molar-refractivity contribution < 1.29 is 0 Å². The first kappa shape index (κ1) is 22.3. The average Bonchev–Trinajstić information content (AvgIpc) is 3.30. The molecule has 0 aromatic heterocycles. The van der Waals surface area contributed by atoms with Crippen molar-refractivity contribution in [3.8, 4) is 0 Å². The predicted octanol–water partition coefficient (Wildman–Crippen LogP) is 8.00. The Hall–Kier alpha value is -2.52. The third-order valence-electron chi connectivity index (χ3n) is 5.63. The molecule has 4 aromatic rings. The van der Waals surface area contributed by atoms with Crippen LogP contribution in [0, 0.1) is 7.14 Å². The quantitative estimate of drug-likeness (QED) is 0.159. The largest absolute Gasteiger partial charge is 0.257 e. The molecular formula is C28H21I2N3. The summed E-state index contributed by atoms with van der Waals surface area (Å²) in [5, 5.41) is 7.26. The minimum atomic E-state index is 0.161. The highest BCUT2D eigenvalue weighted by Crippen LogP contribution is 2.38. The summed E-state index contributed by atoms with van der Waals surface area (Å²) in [5.41, 5.74) is 6.64. The second-order valence-corrected chi connectivity index (χ2v) is 10.1. The van der Waals surface area contributed by atoms with Gasteiger partial charge in [-0.25, -0.2) is 0 Å². The van der Waals surface area contributed by atoms with E-state index in [-0.39, 0.29) is 6.04 Å². The van der Waals surface area contributed by atoms with E-state index >= 15 is 0 Å². The van der Waals surface area contributed by atoms with Gasteiger partial charge in [-0.05, 0) is 92.7 Å². The molecule has 0 bridgehead atoms. The molecule has 1 atom stereocenters. The van der Waals surface area contributed by atoms with Crippen molar-refractivity contribution in [1.29, 1.82) is 0 Å². The fourth-order valence-corrected chi connectivity index (χ4v) is 5.25. The van der Waals surface area contributed by atoms with Crippen LogP contribution in [0.15, 0.2) is 113 Å². The third kappa shape index (κ3) is 5.04. The first-order valence-electron chi connectivity index (χ1n) is 10.7. The zero-order chi connectivity index (χ0) is 22.6. The van der Waals surface area contributed by atoms with E-state index in [4.69, 9.17) is 10.1 Å². The van der Waals surface area contributed by atoms with Crippen LogP contribution < -0.4 is 5.01 Å². The number of halogens is 2. The normalized spacial score (nSPS) is 15.8. The van der Waals surface area contributed by atoms with Gasteiger partial charge >= 0.3 is 0 Å². The molecular weight excluding hydrogens is 632 g/mol. The molecule has 1 unspecified atom stereocenters. The Morgan fingerprint density at radius 3 is 2.30 bits per heavy atom. The molecule has 0 radical (unpaired) electrons. The van der Waals surface area contributed by atoms with Crippen LogP contribution in [0.3, 0.4) is 0 Å². The molecule has 0 saturated carbocycles. The highest BCUT2D eigenvalue weighted by Gasteiger charge is 2.31. The lowest BCUT2D eigenvalue weighted by Crippen LogP contribution is -2.19. The lowest BCUT2D eigenvalue weighted by molar-refractivity contribution is 0.705. The van der Waals surface area contributed by atoms with E-state index in [2.05, 4.69) is 129 Å². The van der Waals surface area contributed by atoms with Crippen molar-refractivity contribution in [2.24, 2.45) is 10.1 Å². The van der Waals surface area contributed by atoms with E-state index in [0.717, 1.165) is 34.6 Å².